The minimum Gasteiger partial charge on any atom is -0.444 e. The zero-order valence-corrected chi connectivity index (χ0v) is 16.6. The van der Waals surface area contributed by atoms with Crippen molar-refractivity contribution in [3.05, 3.63) is 29.8 Å². The molecule has 0 saturated carbocycles. The van der Waals surface area contributed by atoms with Gasteiger partial charge in [0.25, 0.3) is 0 Å². The van der Waals surface area contributed by atoms with E-state index in [9.17, 15) is 14.4 Å². The van der Waals surface area contributed by atoms with Gasteiger partial charge in [0, 0.05) is 32.2 Å². The van der Waals surface area contributed by atoms with Gasteiger partial charge in [-0.2, -0.15) is 0 Å². The number of anilines is 1. The van der Waals surface area contributed by atoms with E-state index in [1.807, 2.05) is 23.1 Å². The molecule has 7 nitrogen and oxygen atoms in total. The van der Waals surface area contributed by atoms with Crippen molar-refractivity contribution in [3.63, 3.8) is 0 Å². The number of benzene rings is 1. The van der Waals surface area contributed by atoms with Gasteiger partial charge < -0.3 is 19.9 Å². The van der Waals surface area contributed by atoms with E-state index in [1.165, 1.54) is 11.9 Å². The van der Waals surface area contributed by atoms with Crippen LogP contribution in [0.15, 0.2) is 24.3 Å². The van der Waals surface area contributed by atoms with E-state index in [4.69, 9.17) is 4.74 Å². The highest BCUT2D eigenvalue weighted by atomic mass is 16.6. The van der Waals surface area contributed by atoms with Crippen LogP contribution in [0.5, 0.6) is 0 Å². The summed E-state index contributed by atoms with van der Waals surface area (Å²) >= 11 is 0. The molecule has 27 heavy (non-hydrogen) atoms. The Morgan fingerprint density at radius 1 is 1.26 bits per heavy atom. The molecule has 0 aromatic heterocycles. The van der Waals surface area contributed by atoms with Gasteiger partial charge in [-0.05, 0) is 51.3 Å². The molecule has 0 spiro atoms. The summed E-state index contributed by atoms with van der Waals surface area (Å²) < 4.78 is 5.23. The maximum Gasteiger partial charge on any atom is 0.410 e. The largest absolute Gasteiger partial charge is 0.444 e. The van der Waals surface area contributed by atoms with Gasteiger partial charge in [0.05, 0.1) is 0 Å². The minimum absolute atomic E-state index is 0.107. The Balaban J connectivity index is 1.90. The molecule has 0 radical (unpaired) electrons. The number of piperidine rings is 1. The second kappa shape index (κ2) is 8.88. The fourth-order valence-corrected chi connectivity index (χ4v) is 2.82. The second-order valence-electron chi connectivity index (χ2n) is 7.86. The van der Waals surface area contributed by atoms with Crippen molar-refractivity contribution in [3.8, 4) is 0 Å². The molecule has 0 aliphatic carbocycles. The van der Waals surface area contributed by atoms with Crippen LogP contribution < -0.4 is 5.32 Å². The van der Waals surface area contributed by atoms with Gasteiger partial charge in [-0.1, -0.05) is 12.1 Å². The molecule has 7 heteroatoms. The Bertz CT molecular complexity index is 697. The van der Waals surface area contributed by atoms with Crippen LogP contribution in [0.1, 0.15) is 45.6 Å². The number of ether oxygens (including phenoxy) is 1. The van der Waals surface area contributed by atoms with E-state index in [0.29, 0.717) is 18.7 Å². The number of nitrogens with zero attached hydrogens (tertiary/aromatic N) is 2. The standard InChI is InChI=1S/C20H29N3O4/c1-20(2,3)27-19(26)22(4)14-17(24)21-16-9-7-8-15(12-16)13-23-11-6-5-10-18(23)25/h7-9,12H,5-6,10-11,13-14H2,1-4H3,(H,21,24). The molecule has 3 amide bonds. The molecule has 148 valence electrons. The molecule has 1 aromatic rings. The van der Waals surface area contributed by atoms with Crippen molar-refractivity contribution in [2.24, 2.45) is 0 Å². The SMILES string of the molecule is CN(CC(=O)Nc1cccc(CN2CCCCC2=O)c1)C(=O)OC(C)(C)C. The Labute approximate surface area is 160 Å². The molecule has 2 rings (SSSR count). The van der Waals surface area contributed by atoms with Gasteiger partial charge in [0.1, 0.15) is 12.1 Å². The summed E-state index contributed by atoms with van der Waals surface area (Å²) in [5, 5.41) is 2.79. The summed E-state index contributed by atoms with van der Waals surface area (Å²) in [6.07, 6.45) is 2.04. The highest BCUT2D eigenvalue weighted by Gasteiger charge is 2.21. The van der Waals surface area contributed by atoms with Gasteiger partial charge >= 0.3 is 6.09 Å². The van der Waals surface area contributed by atoms with Crippen molar-refractivity contribution < 1.29 is 19.1 Å². The number of carbonyl (C=O) groups excluding carboxylic acids is 3. The predicted molar refractivity (Wildman–Crippen MR) is 103 cm³/mol. The molecule has 1 heterocycles. The fourth-order valence-electron chi connectivity index (χ4n) is 2.82. The van der Waals surface area contributed by atoms with Crippen LogP contribution in [0, 0.1) is 0 Å². The first-order valence-electron chi connectivity index (χ1n) is 9.25. The van der Waals surface area contributed by atoms with Gasteiger partial charge in [0.2, 0.25) is 11.8 Å². The molecule has 1 aliphatic rings. The quantitative estimate of drug-likeness (QED) is 0.858. The Morgan fingerprint density at radius 2 is 2.00 bits per heavy atom. The number of carbonyl (C=O) groups is 3. The van der Waals surface area contributed by atoms with E-state index in [2.05, 4.69) is 5.32 Å². The summed E-state index contributed by atoms with van der Waals surface area (Å²) in [5.41, 5.74) is 0.991. The average Bonchev–Trinajstić information content (AvgIpc) is 2.55. The van der Waals surface area contributed by atoms with Crippen molar-refractivity contribution in [1.82, 2.24) is 9.80 Å². The zero-order valence-electron chi connectivity index (χ0n) is 16.6. The van der Waals surface area contributed by atoms with E-state index >= 15 is 0 Å². The van der Waals surface area contributed by atoms with Gasteiger partial charge in [-0.25, -0.2) is 4.79 Å². The van der Waals surface area contributed by atoms with Gasteiger partial charge in [0.15, 0.2) is 0 Å². The van der Waals surface area contributed by atoms with E-state index in [0.717, 1.165) is 24.9 Å². The summed E-state index contributed by atoms with van der Waals surface area (Å²) in [7, 11) is 1.52. The monoisotopic (exact) mass is 375 g/mol. The number of likely N-dealkylation sites (N-methyl/N-ethyl adjacent to an activating group) is 1. The van der Waals surface area contributed by atoms with Gasteiger partial charge in [-0.15, -0.1) is 0 Å². The first kappa shape index (κ1) is 20.7. The van der Waals surface area contributed by atoms with Crippen molar-refractivity contribution >= 4 is 23.6 Å². The maximum atomic E-state index is 12.2. The van der Waals surface area contributed by atoms with Crippen LogP contribution in [0.4, 0.5) is 10.5 Å². The Morgan fingerprint density at radius 3 is 2.67 bits per heavy atom. The summed E-state index contributed by atoms with van der Waals surface area (Å²) in [6, 6.07) is 7.42. The van der Waals surface area contributed by atoms with Crippen LogP contribution in [0.3, 0.4) is 0 Å². The molecular formula is C20H29N3O4. The van der Waals surface area contributed by atoms with Crippen molar-refractivity contribution in [2.45, 2.75) is 52.2 Å². The highest BCUT2D eigenvalue weighted by Crippen LogP contribution is 2.17. The lowest BCUT2D eigenvalue weighted by Crippen LogP contribution is -2.38. The number of hydrogen-bond donors (Lipinski definition) is 1. The number of likely N-dealkylation sites (tertiary alicyclic amines) is 1. The first-order chi connectivity index (χ1) is 12.6. The Kier molecular flexibility index (Phi) is 6.82. The molecular weight excluding hydrogens is 346 g/mol. The number of rotatable bonds is 5. The molecule has 1 saturated heterocycles. The van der Waals surface area contributed by atoms with Crippen LogP contribution in [-0.4, -0.2) is 53.4 Å². The van der Waals surface area contributed by atoms with E-state index < -0.39 is 11.7 Å². The Hall–Kier alpha value is -2.57. The summed E-state index contributed by atoms with van der Waals surface area (Å²) in [6.45, 7) is 6.53. The van der Waals surface area contributed by atoms with Crippen LogP contribution in [0.2, 0.25) is 0 Å². The van der Waals surface area contributed by atoms with Crippen LogP contribution in [-0.2, 0) is 20.9 Å². The minimum atomic E-state index is -0.609. The number of amides is 3. The third-order valence-electron chi connectivity index (χ3n) is 4.09. The third-order valence-corrected chi connectivity index (χ3v) is 4.09. The lowest BCUT2D eigenvalue weighted by atomic mass is 10.1. The molecule has 0 atom stereocenters. The van der Waals surface area contributed by atoms with Crippen LogP contribution >= 0.6 is 0 Å². The first-order valence-corrected chi connectivity index (χ1v) is 9.25. The topological polar surface area (TPSA) is 79.0 Å². The molecule has 0 bridgehead atoms. The van der Waals surface area contributed by atoms with Crippen molar-refractivity contribution in [1.29, 1.82) is 0 Å². The lowest BCUT2D eigenvalue weighted by Gasteiger charge is -2.27. The maximum absolute atomic E-state index is 12.2. The fraction of sp³-hybridized carbons (Fsp3) is 0.550. The highest BCUT2D eigenvalue weighted by molar-refractivity contribution is 5.93. The van der Waals surface area contributed by atoms with Crippen LogP contribution in [0.25, 0.3) is 0 Å². The molecule has 0 unspecified atom stereocenters. The van der Waals surface area contributed by atoms with Crippen molar-refractivity contribution in [2.75, 3.05) is 25.5 Å². The second-order valence-corrected chi connectivity index (χ2v) is 7.86. The molecule has 1 aliphatic heterocycles. The average molecular weight is 375 g/mol. The smallest absolute Gasteiger partial charge is 0.410 e. The lowest BCUT2D eigenvalue weighted by molar-refractivity contribution is -0.133. The normalized spacial score (nSPS) is 14.7. The van der Waals surface area contributed by atoms with E-state index in [-0.39, 0.29) is 18.4 Å². The zero-order chi connectivity index (χ0) is 20.0. The number of hydrogen-bond acceptors (Lipinski definition) is 4. The molecule has 1 fully saturated rings. The molecule has 1 aromatic carbocycles. The van der Waals surface area contributed by atoms with E-state index in [1.54, 1.807) is 26.8 Å². The van der Waals surface area contributed by atoms with Gasteiger partial charge in [-0.3, -0.25) is 9.59 Å². The summed E-state index contributed by atoms with van der Waals surface area (Å²) in [4.78, 5) is 39.2. The number of nitrogens with one attached hydrogen (secondary N) is 1. The predicted octanol–water partition coefficient (Wildman–Crippen LogP) is 3.00. The third kappa shape index (κ3) is 6.92. The molecule has 1 N–H and O–H groups in total. The summed E-state index contributed by atoms with van der Waals surface area (Å²) in [5.74, 6) is -0.135.